The van der Waals surface area contributed by atoms with E-state index in [4.69, 9.17) is 18.0 Å². The maximum Gasteiger partial charge on any atom is 0.240 e. The number of hydrogen-bond donors (Lipinski definition) is 2. The molecule has 0 fully saturated rings. The minimum atomic E-state index is -3.48. The third kappa shape index (κ3) is 4.07. The van der Waals surface area contributed by atoms with Crippen LogP contribution in [0.15, 0.2) is 29.2 Å². The van der Waals surface area contributed by atoms with Gasteiger partial charge in [-0.25, -0.2) is 13.1 Å². The van der Waals surface area contributed by atoms with Gasteiger partial charge in [0.2, 0.25) is 10.0 Å². The first-order valence-corrected chi connectivity index (χ1v) is 7.11. The third-order valence-corrected chi connectivity index (χ3v) is 3.77. The minimum Gasteiger partial charge on any atom is -0.389 e. The van der Waals surface area contributed by atoms with E-state index in [-0.39, 0.29) is 15.8 Å². The molecule has 0 spiro atoms. The van der Waals surface area contributed by atoms with Crippen molar-refractivity contribution in [2.24, 2.45) is 11.7 Å². The lowest BCUT2D eigenvalue weighted by molar-refractivity contribution is 0.560. The summed E-state index contributed by atoms with van der Waals surface area (Å²) in [7, 11) is -3.48. The quantitative estimate of drug-likeness (QED) is 0.791. The van der Waals surface area contributed by atoms with E-state index in [1.807, 2.05) is 13.8 Å². The van der Waals surface area contributed by atoms with Gasteiger partial charge in [-0.1, -0.05) is 38.2 Å². The Labute approximate surface area is 107 Å². The average molecular weight is 272 g/mol. The number of rotatable bonds is 5. The molecule has 0 radical (unpaired) electrons. The zero-order valence-electron chi connectivity index (χ0n) is 9.80. The predicted octanol–water partition coefficient (Wildman–Crippen LogP) is 1.26. The van der Waals surface area contributed by atoms with E-state index < -0.39 is 10.0 Å². The average Bonchev–Trinajstić information content (AvgIpc) is 2.27. The van der Waals surface area contributed by atoms with Crippen molar-refractivity contribution in [1.29, 1.82) is 0 Å². The molecule has 0 atom stereocenters. The van der Waals surface area contributed by atoms with Crippen molar-refractivity contribution in [3.63, 3.8) is 0 Å². The fourth-order valence-electron chi connectivity index (χ4n) is 1.18. The summed E-state index contributed by atoms with van der Waals surface area (Å²) in [6.07, 6.45) is 0. The summed E-state index contributed by atoms with van der Waals surface area (Å²) in [5.74, 6) is 0.253. The Kier molecular flexibility index (Phi) is 4.62. The van der Waals surface area contributed by atoms with E-state index in [0.717, 1.165) is 0 Å². The van der Waals surface area contributed by atoms with Crippen LogP contribution in [0.2, 0.25) is 0 Å². The SMILES string of the molecule is CC(C)CNS(=O)(=O)c1cccc(C(N)=S)c1. The van der Waals surface area contributed by atoms with Gasteiger partial charge in [-0.15, -0.1) is 0 Å². The second-order valence-electron chi connectivity index (χ2n) is 4.14. The van der Waals surface area contributed by atoms with Crippen molar-refractivity contribution in [3.05, 3.63) is 29.8 Å². The Balaban J connectivity index is 2.99. The van der Waals surface area contributed by atoms with Gasteiger partial charge in [-0.3, -0.25) is 0 Å². The predicted molar refractivity (Wildman–Crippen MR) is 72.4 cm³/mol. The van der Waals surface area contributed by atoms with Gasteiger partial charge < -0.3 is 5.73 Å². The zero-order valence-corrected chi connectivity index (χ0v) is 11.4. The largest absolute Gasteiger partial charge is 0.389 e. The molecule has 6 heteroatoms. The highest BCUT2D eigenvalue weighted by molar-refractivity contribution is 7.89. The summed E-state index contributed by atoms with van der Waals surface area (Å²) < 4.78 is 26.4. The van der Waals surface area contributed by atoms with Crippen LogP contribution in [-0.4, -0.2) is 20.0 Å². The van der Waals surface area contributed by atoms with Gasteiger partial charge in [0.05, 0.1) is 4.90 Å². The van der Waals surface area contributed by atoms with Crippen LogP contribution in [0, 0.1) is 5.92 Å². The first kappa shape index (κ1) is 14.1. The molecule has 94 valence electrons. The molecule has 0 aliphatic rings. The summed E-state index contributed by atoms with van der Waals surface area (Å²) in [6, 6.07) is 6.30. The fourth-order valence-corrected chi connectivity index (χ4v) is 2.56. The summed E-state index contributed by atoms with van der Waals surface area (Å²) in [6.45, 7) is 4.28. The Morgan fingerprint density at radius 1 is 1.47 bits per heavy atom. The second kappa shape index (κ2) is 5.57. The van der Waals surface area contributed by atoms with Crippen LogP contribution >= 0.6 is 12.2 Å². The lowest BCUT2D eigenvalue weighted by atomic mass is 10.2. The first-order valence-electron chi connectivity index (χ1n) is 5.22. The van der Waals surface area contributed by atoms with Crippen LogP contribution in [0.25, 0.3) is 0 Å². The molecular formula is C11H16N2O2S2. The standard InChI is InChI=1S/C11H16N2O2S2/c1-8(2)7-13-17(14,15)10-5-3-4-9(6-10)11(12)16/h3-6,8,13H,7H2,1-2H3,(H2,12,16). The molecule has 3 N–H and O–H groups in total. The molecular weight excluding hydrogens is 256 g/mol. The molecule has 1 rings (SSSR count). The first-order chi connectivity index (χ1) is 7.83. The van der Waals surface area contributed by atoms with Gasteiger partial charge in [0.15, 0.2) is 0 Å². The number of sulfonamides is 1. The molecule has 1 aromatic rings. The van der Waals surface area contributed by atoms with Crippen LogP contribution in [0.1, 0.15) is 19.4 Å². The second-order valence-corrected chi connectivity index (χ2v) is 6.34. The molecule has 0 saturated carbocycles. The lowest BCUT2D eigenvalue weighted by Crippen LogP contribution is -2.27. The molecule has 0 saturated heterocycles. The van der Waals surface area contributed by atoms with E-state index in [2.05, 4.69) is 4.72 Å². The maximum absolute atomic E-state index is 11.9. The summed E-state index contributed by atoms with van der Waals surface area (Å²) in [4.78, 5) is 0.370. The number of hydrogen-bond acceptors (Lipinski definition) is 3. The van der Waals surface area contributed by atoms with Crippen LogP contribution in [0.4, 0.5) is 0 Å². The van der Waals surface area contributed by atoms with Gasteiger partial charge >= 0.3 is 0 Å². The van der Waals surface area contributed by atoms with Gasteiger partial charge in [0, 0.05) is 12.1 Å². The molecule has 4 nitrogen and oxygen atoms in total. The maximum atomic E-state index is 11.9. The van der Waals surface area contributed by atoms with Crippen molar-refractivity contribution >= 4 is 27.2 Å². The molecule has 17 heavy (non-hydrogen) atoms. The Bertz CT molecular complexity index is 510. The molecule has 0 aliphatic carbocycles. The molecule has 0 bridgehead atoms. The van der Waals surface area contributed by atoms with Crippen molar-refractivity contribution < 1.29 is 8.42 Å². The smallest absolute Gasteiger partial charge is 0.240 e. The normalized spacial score (nSPS) is 11.7. The highest BCUT2D eigenvalue weighted by atomic mass is 32.2. The Morgan fingerprint density at radius 2 is 2.12 bits per heavy atom. The van der Waals surface area contributed by atoms with E-state index in [9.17, 15) is 8.42 Å². The van der Waals surface area contributed by atoms with Gasteiger partial charge in [-0.2, -0.15) is 0 Å². The monoisotopic (exact) mass is 272 g/mol. The van der Waals surface area contributed by atoms with Gasteiger partial charge in [-0.05, 0) is 18.1 Å². The molecule has 0 aliphatic heterocycles. The fraction of sp³-hybridized carbons (Fsp3) is 0.364. The number of benzene rings is 1. The summed E-state index contributed by atoms with van der Waals surface area (Å²) >= 11 is 4.81. The molecule has 0 amide bonds. The molecule has 0 heterocycles. The van der Waals surface area contributed by atoms with Crippen LogP contribution in [0.3, 0.4) is 0 Å². The topological polar surface area (TPSA) is 72.2 Å². The highest BCUT2D eigenvalue weighted by Gasteiger charge is 2.14. The van der Waals surface area contributed by atoms with Gasteiger partial charge in [0.1, 0.15) is 4.99 Å². The van der Waals surface area contributed by atoms with Crippen LogP contribution in [-0.2, 0) is 10.0 Å². The van der Waals surface area contributed by atoms with E-state index in [1.165, 1.54) is 12.1 Å². The van der Waals surface area contributed by atoms with Crippen molar-refractivity contribution in [1.82, 2.24) is 4.72 Å². The summed E-state index contributed by atoms with van der Waals surface area (Å²) in [5, 5.41) is 0. The number of thiocarbonyl (C=S) groups is 1. The van der Waals surface area contributed by atoms with Crippen molar-refractivity contribution in [2.75, 3.05) is 6.54 Å². The number of nitrogens with one attached hydrogen (secondary N) is 1. The zero-order chi connectivity index (χ0) is 13.1. The number of nitrogens with two attached hydrogens (primary N) is 1. The summed E-state index contributed by atoms with van der Waals surface area (Å²) in [5.41, 5.74) is 6.01. The van der Waals surface area contributed by atoms with Gasteiger partial charge in [0.25, 0.3) is 0 Å². The minimum absolute atomic E-state index is 0.184. The van der Waals surface area contributed by atoms with E-state index >= 15 is 0 Å². The Hall–Kier alpha value is -0.980. The van der Waals surface area contributed by atoms with Crippen molar-refractivity contribution in [3.8, 4) is 0 Å². The van der Waals surface area contributed by atoms with E-state index in [1.54, 1.807) is 12.1 Å². The van der Waals surface area contributed by atoms with Crippen LogP contribution in [0.5, 0.6) is 0 Å². The van der Waals surface area contributed by atoms with Crippen molar-refractivity contribution in [2.45, 2.75) is 18.7 Å². The molecule has 0 unspecified atom stereocenters. The van der Waals surface area contributed by atoms with Crippen LogP contribution < -0.4 is 10.5 Å². The van der Waals surface area contributed by atoms with E-state index in [0.29, 0.717) is 12.1 Å². The third-order valence-electron chi connectivity index (χ3n) is 2.11. The highest BCUT2D eigenvalue weighted by Crippen LogP contribution is 2.11. The molecule has 0 aromatic heterocycles. The Morgan fingerprint density at radius 3 is 2.65 bits per heavy atom. The lowest BCUT2D eigenvalue weighted by Gasteiger charge is -2.09. The molecule has 1 aromatic carbocycles.